The number of aromatic amines is 1. The van der Waals surface area contributed by atoms with Crippen molar-refractivity contribution in [2.45, 2.75) is 19.9 Å². The molecule has 210 valence electrons. The number of methoxy groups -OCH3 is 2. The van der Waals surface area contributed by atoms with E-state index in [-0.39, 0.29) is 24.9 Å². The van der Waals surface area contributed by atoms with Crippen LogP contribution in [0.5, 0.6) is 11.5 Å². The van der Waals surface area contributed by atoms with E-state index in [0.717, 1.165) is 27.8 Å². The highest BCUT2D eigenvalue weighted by atomic mass is 16.5. The molecule has 0 bridgehead atoms. The summed E-state index contributed by atoms with van der Waals surface area (Å²) >= 11 is 0. The Kier molecular flexibility index (Phi) is 10.2. The molecule has 40 heavy (non-hydrogen) atoms. The number of hydrogen-bond acceptors (Lipinski definition) is 5. The second-order valence-electron chi connectivity index (χ2n) is 9.45. The summed E-state index contributed by atoms with van der Waals surface area (Å²) in [5.41, 5.74) is 3.65. The number of carbonyl (C=O) groups excluding carboxylic acids is 2. The van der Waals surface area contributed by atoms with Crippen LogP contribution in [0.25, 0.3) is 10.9 Å². The number of carbonyl (C=O) groups is 2. The van der Waals surface area contributed by atoms with Gasteiger partial charge >= 0.3 is 0 Å². The van der Waals surface area contributed by atoms with Gasteiger partial charge in [0.05, 0.1) is 20.3 Å². The van der Waals surface area contributed by atoms with Gasteiger partial charge < -0.3 is 29.0 Å². The van der Waals surface area contributed by atoms with Crippen LogP contribution in [0, 0.1) is 0 Å². The third-order valence-electron chi connectivity index (χ3n) is 6.78. The van der Waals surface area contributed by atoms with Crippen LogP contribution in [0.2, 0.25) is 0 Å². The number of amides is 2. The Bertz CT molecular complexity index is 1400. The lowest BCUT2D eigenvalue weighted by atomic mass is 10.1. The molecule has 1 N–H and O–H groups in total. The smallest absolute Gasteiger partial charge is 0.254 e. The Labute approximate surface area is 235 Å². The summed E-state index contributed by atoms with van der Waals surface area (Å²) in [6, 6.07) is 22.9. The first-order valence-electron chi connectivity index (χ1n) is 13.5. The molecule has 0 saturated carbocycles. The summed E-state index contributed by atoms with van der Waals surface area (Å²) in [6.45, 7) is 3.99. The molecule has 1 heterocycles. The number of benzene rings is 3. The SMILES string of the molecule is CCOc1ccc(CN(CCc2c[nH]c3ccccc23)C(=O)CN(CCOC)C(=O)c2cccc(OC)c2)cc1. The first kappa shape index (κ1) is 28.7. The first-order valence-corrected chi connectivity index (χ1v) is 13.5. The molecular weight excluding hydrogens is 506 g/mol. The Morgan fingerprint density at radius 3 is 2.42 bits per heavy atom. The van der Waals surface area contributed by atoms with Gasteiger partial charge in [-0.25, -0.2) is 0 Å². The molecular formula is C32H37N3O5. The maximum atomic E-state index is 13.8. The highest BCUT2D eigenvalue weighted by molar-refractivity contribution is 5.97. The molecule has 0 fully saturated rings. The van der Waals surface area contributed by atoms with E-state index in [0.29, 0.717) is 44.0 Å². The minimum Gasteiger partial charge on any atom is -0.497 e. The second-order valence-corrected chi connectivity index (χ2v) is 9.45. The number of nitrogens with zero attached hydrogens (tertiary/aromatic N) is 2. The summed E-state index contributed by atoms with van der Waals surface area (Å²) in [6.07, 6.45) is 2.68. The van der Waals surface area contributed by atoms with E-state index < -0.39 is 0 Å². The van der Waals surface area contributed by atoms with Gasteiger partial charge in [0.15, 0.2) is 0 Å². The largest absolute Gasteiger partial charge is 0.497 e. The molecule has 0 aliphatic carbocycles. The Hall–Kier alpha value is -4.30. The summed E-state index contributed by atoms with van der Waals surface area (Å²) in [7, 11) is 3.14. The normalized spacial score (nSPS) is 10.9. The number of fused-ring (bicyclic) bond motifs is 1. The average molecular weight is 544 g/mol. The molecule has 8 heteroatoms. The van der Waals surface area contributed by atoms with Crippen molar-refractivity contribution in [1.82, 2.24) is 14.8 Å². The molecule has 4 rings (SSSR count). The average Bonchev–Trinajstić information content (AvgIpc) is 3.41. The van der Waals surface area contributed by atoms with Crippen molar-refractivity contribution in [2.75, 3.05) is 47.1 Å². The molecule has 0 atom stereocenters. The Morgan fingerprint density at radius 1 is 0.875 bits per heavy atom. The summed E-state index contributed by atoms with van der Waals surface area (Å²) in [5, 5.41) is 1.14. The van der Waals surface area contributed by atoms with Crippen LogP contribution < -0.4 is 9.47 Å². The first-order chi connectivity index (χ1) is 19.5. The van der Waals surface area contributed by atoms with E-state index in [1.54, 1.807) is 38.5 Å². The van der Waals surface area contributed by atoms with Gasteiger partial charge in [0, 0.05) is 49.4 Å². The monoisotopic (exact) mass is 543 g/mol. The molecule has 1 aromatic heterocycles. The quantitative estimate of drug-likeness (QED) is 0.244. The zero-order valence-electron chi connectivity index (χ0n) is 23.4. The third-order valence-corrected chi connectivity index (χ3v) is 6.78. The summed E-state index contributed by atoms with van der Waals surface area (Å²) < 4.78 is 16.1. The summed E-state index contributed by atoms with van der Waals surface area (Å²) in [5.74, 6) is 0.986. The van der Waals surface area contributed by atoms with Gasteiger partial charge in [0.25, 0.3) is 5.91 Å². The van der Waals surface area contributed by atoms with E-state index in [1.807, 2.05) is 60.5 Å². The highest BCUT2D eigenvalue weighted by Crippen LogP contribution is 2.20. The molecule has 0 saturated heterocycles. The van der Waals surface area contributed by atoms with Crippen molar-refractivity contribution >= 4 is 22.7 Å². The van der Waals surface area contributed by atoms with Crippen LogP contribution in [0.15, 0.2) is 79.0 Å². The van der Waals surface area contributed by atoms with Crippen molar-refractivity contribution in [3.8, 4) is 11.5 Å². The standard InChI is InChI=1S/C32H37N3O5/c1-4-40-27-14-12-24(13-15-27)22-34(17-16-26-21-33-30-11-6-5-10-29(26)30)31(36)23-35(18-19-38-2)32(37)25-8-7-9-28(20-25)39-3/h5-15,20-21,33H,4,16-19,22-23H2,1-3H3. The van der Waals surface area contributed by atoms with Gasteiger partial charge in [-0.1, -0.05) is 36.4 Å². The van der Waals surface area contributed by atoms with Crippen molar-refractivity contribution in [1.29, 1.82) is 0 Å². The van der Waals surface area contributed by atoms with Crippen LogP contribution in [0.3, 0.4) is 0 Å². The second kappa shape index (κ2) is 14.2. The number of hydrogen-bond donors (Lipinski definition) is 1. The lowest BCUT2D eigenvalue weighted by Crippen LogP contribution is -2.44. The highest BCUT2D eigenvalue weighted by Gasteiger charge is 2.23. The minimum atomic E-state index is -0.248. The molecule has 0 spiro atoms. The van der Waals surface area contributed by atoms with Crippen molar-refractivity contribution in [2.24, 2.45) is 0 Å². The number of rotatable bonds is 14. The minimum absolute atomic E-state index is 0.0652. The van der Waals surface area contributed by atoms with Crippen LogP contribution in [-0.4, -0.2) is 73.7 Å². The lowest BCUT2D eigenvalue weighted by Gasteiger charge is -2.28. The van der Waals surface area contributed by atoms with Gasteiger partial charge in [-0.15, -0.1) is 0 Å². The maximum Gasteiger partial charge on any atom is 0.254 e. The number of aromatic nitrogens is 1. The molecule has 0 unspecified atom stereocenters. The van der Waals surface area contributed by atoms with Crippen LogP contribution in [0.1, 0.15) is 28.4 Å². The van der Waals surface area contributed by atoms with E-state index in [9.17, 15) is 9.59 Å². The van der Waals surface area contributed by atoms with E-state index in [4.69, 9.17) is 14.2 Å². The van der Waals surface area contributed by atoms with Gasteiger partial charge in [0.1, 0.15) is 18.0 Å². The van der Waals surface area contributed by atoms with E-state index in [2.05, 4.69) is 11.1 Å². The molecule has 0 aliphatic rings. The number of ether oxygens (including phenoxy) is 3. The predicted molar refractivity (Wildman–Crippen MR) is 156 cm³/mol. The third kappa shape index (κ3) is 7.42. The van der Waals surface area contributed by atoms with Crippen molar-refractivity contribution in [3.05, 3.63) is 95.7 Å². The fraction of sp³-hybridized carbons (Fsp3) is 0.312. The number of nitrogens with one attached hydrogen (secondary N) is 1. The van der Waals surface area contributed by atoms with Gasteiger partial charge in [0.2, 0.25) is 5.91 Å². The van der Waals surface area contributed by atoms with Gasteiger partial charge in [-0.2, -0.15) is 0 Å². The van der Waals surface area contributed by atoms with Crippen molar-refractivity contribution in [3.63, 3.8) is 0 Å². The zero-order valence-corrected chi connectivity index (χ0v) is 23.4. The maximum absolute atomic E-state index is 13.8. The fourth-order valence-electron chi connectivity index (χ4n) is 4.62. The fourth-order valence-corrected chi connectivity index (χ4v) is 4.62. The van der Waals surface area contributed by atoms with E-state index >= 15 is 0 Å². The number of para-hydroxylation sites is 1. The molecule has 4 aromatic rings. The topological polar surface area (TPSA) is 84.1 Å². The van der Waals surface area contributed by atoms with Crippen LogP contribution >= 0.6 is 0 Å². The zero-order chi connectivity index (χ0) is 28.3. The van der Waals surface area contributed by atoms with Crippen LogP contribution in [-0.2, 0) is 22.5 Å². The van der Waals surface area contributed by atoms with E-state index in [1.165, 1.54) is 4.90 Å². The molecule has 0 radical (unpaired) electrons. The molecule has 8 nitrogen and oxygen atoms in total. The molecule has 0 aliphatic heterocycles. The summed E-state index contributed by atoms with van der Waals surface area (Å²) in [4.78, 5) is 33.9. The Balaban J connectivity index is 1.55. The van der Waals surface area contributed by atoms with Gasteiger partial charge in [-0.3, -0.25) is 9.59 Å². The van der Waals surface area contributed by atoms with Gasteiger partial charge in [-0.05, 0) is 60.9 Å². The molecule has 3 aromatic carbocycles. The van der Waals surface area contributed by atoms with Crippen LogP contribution in [0.4, 0.5) is 0 Å². The number of H-pyrrole nitrogens is 1. The van der Waals surface area contributed by atoms with Crippen molar-refractivity contribution < 1.29 is 23.8 Å². The predicted octanol–water partition coefficient (Wildman–Crippen LogP) is 4.94. The molecule has 2 amide bonds. The Morgan fingerprint density at radius 2 is 1.68 bits per heavy atom. The lowest BCUT2D eigenvalue weighted by molar-refractivity contribution is -0.132.